The fourth-order valence-electron chi connectivity index (χ4n) is 2.90. The van der Waals surface area contributed by atoms with Crippen molar-refractivity contribution in [3.05, 3.63) is 0 Å². The Kier molecular flexibility index (Phi) is 5.81. The number of carbonyl (C=O) groups excluding carboxylic acids is 1. The molecule has 0 saturated carbocycles. The summed E-state index contributed by atoms with van der Waals surface area (Å²) in [5, 5.41) is 3.52. The number of nitrogens with one attached hydrogen (secondary N) is 1. The van der Waals surface area contributed by atoms with E-state index in [1.165, 1.54) is 0 Å². The molecule has 20 heavy (non-hydrogen) atoms. The second-order valence-electron chi connectivity index (χ2n) is 6.04. The molecule has 2 fully saturated rings. The fraction of sp³-hybridized carbons (Fsp3) is 0.933. The van der Waals surface area contributed by atoms with Gasteiger partial charge in [-0.3, -0.25) is 4.79 Å². The van der Waals surface area contributed by atoms with E-state index in [0.29, 0.717) is 25.7 Å². The topological polar surface area (TPSA) is 50.8 Å². The Morgan fingerprint density at radius 2 is 2.10 bits per heavy atom. The molecule has 1 amide bonds. The maximum absolute atomic E-state index is 12.0. The lowest BCUT2D eigenvalue weighted by Gasteiger charge is -2.38. The second kappa shape index (κ2) is 7.38. The van der Waals surface area contributed by atoms with Crippen LogP contribution in [0, 0.1) is 0 Å². The van der Waals surface area contributed by atoms with E-state index < -0.39 is 0 Å². The van der Waals surface area contributed by atoms with E-state index in [4.69, 9.17) is 9.47 Å². The summed E-state index contributed by atoms with van der Waals surface area (Å²) in [6.07, 6.45) is 3.70. The molecule has 116 valence electrons. The van der Waals surface area contributed by atoms with E-state index in [9.17, 15) is 4.79 Å². The number of hydrogen-bond acceptors (Lipinski definition) is 4. The van der Waals surface area contributed by atoms with E-state index in [-0.39, 0.29) is 11.5 Å². The second-order valence-corrected chi connectivity index (χ2v) is 6.04. The monoisotopic (exact) mass is 284 g/mol. The minimum Gasteiger partial charge on any atom is -0.378 e. The van der Waals surface area contributed by atoms with Crippen molar-refractivity contribution in [1.29, 1.82) is 0 Å². The Morgan fingerprint density at radius 3 is 2.80 bits per heavy atom. The molecule has 1 N–H and O–H groups in total. The van der Waals surface area contributed by atoms with Gasteiger partial charge in [-0.1, -0.05) is 6.92 Å². The van der Waals surface area contributed by atoms with E-state index in [1.54, 1.807) is 0 Å². The van der Waals surface area contributed by atoms with Gasteiger partial charge in [-0.25, -0.2) is 0 Å². The third-order valence-corrected chi connectivity index (χ3v) is 4.48. The summed E-state index contributed by atoms with van der Waals surface area (Å²) in [5.74, 6) is 0.242. The van der Waals surface area contributed by atoms with Gasteiger partial charge in [0.15, 0.2) is 0 Å². The third kappa shape index (κ3) is 4.43. The highest BCUT2D eigenvalue weighted by atomic mass is 16.5. The molecule has 0 aliphatic carbocycles. The smallest absolute Gasteiger partial charge is 0.224 e. The molecule has 0 radical (unpaired) electrons. The molecular formula is C15H28N2O3. The van der Waals surface area contributed by atoms with Gasteiger partial charge < -0.3 is 19.7 Å². The predicted octanol–water partition coefficient (Wildman–Crippen LogP) is 1.17. The summed E-state index contributed by atoms with van der Waals surface area (Å²) in [5.41, 5.74) is 0.00410. The Morgan fingerprint density at radius 1 is 1.35 bits per heavy atom. The Bertz CT molecular complexity index is 318. The van der Waals surface area contributed by atoms with Gasteiger partial charge in [-0.2, -0.15) is 0 Å². The van der Waals surface area contributed by atoms with E-state index in [1.807, 2.05) is 4.90 Å². The Hall–Kier alpha value is -0.650. The highest BCUT2D eigenvalue weighted by molar-refractivity contribution is 5.76. The van der Waals surface area contributed by atoms with Crippen LogP contribution in [0.5, 0.6) is 0 Å². The van der Waals surface area contributed by atoms with Gasteiger partial charge >= 0.3 is 0 Å². The molecule has 5 heteroatoms. The molecule has 2 aliphatic rings. The molecule has 5 nitrogen and oxygen atoms in total. The first-order chi connectivity index (χ1) is 9.63. The number of morpholine rings is 1. The van der Waals surface area contributed by atoms with Crippen LogP contribution in [0.2, 0.25) is 0 Å². The normalized spacial score (nSPS) is 31.3. The SMILES string of the molecule is CCC1(C)CC(NCCC(=O)N2CCOCC2)CCO1. The molecule has 2 aliphatic heterocycles. The van der Waals surface area contributed by atoms with Crippen LogP contribution in [0.3, 0.4) is 0 Å². The Balaban J connectivity index is 1.66. The largest absolute Gasteiger partial charge is 0.378 e. The number of amides is 1. The van der Waals surface area contributed by atoms with Gasteiger partial charge in [0.2, 0.25) is 5.91 Å². The van der Waals surface area contributed by atoms with E-state index in [2.05, 4.69) is 19.2 Å². The van der Waals surface area contributed by atoms with Gasteiger partial charge in [0.25, 0.3) is 0 Å². The highest BCUT2D eigenvalue weighted by Gasteiger charge is 2.31. The average Bonchev–Trinajstić information content (AvgIpc) is 2.48. The highest BCUT2D eigenvalue weighted by Crippen LogP contribution is 2.27. The average molecular weight is 284 g/mol. The van der Waals surface area contributed by atoms with Crippen LogP contribution in [0.1, 0.15) is 39.5 Å². The van der Waals surface area contributed by atoms with Crippen molar-refractivity contribution < 1.29 is 14.3 Å². The molecule has 0 aromatic rings. The molecule has 2 rings (SSSR count). The van der Waals surface area contributed by atoms with Crippen molar-refractivity contribution in [2.45, 2.75) is 51.2 Å². The molecule has 0 aromatic carbocycles. The lowest BCUT2D eigenvalue weighted by molar-refractivity contribution is -0.135. The lowest BCUT2D eigenvalue weighted by Crippen LogP contribution is -2.46. The first-order valence-corrected chi connectivity index (χ1v) is 7.86. The molecule has 0 bridgehead atoms. The summed E-state index contributed by atoms with van der Waals surface area (Å²) >= 11 is 0. The lowest BCUT2D eigenvalue weighted by atomic mass is 9.90. The van der Waals surface area contributed by atoms with Crippen LogP contribution >= 0.6 is 0 Å². The number of ether oxygens (including phenoxy) is 2. The minimum absolute atomic E-state index is 0.00410. The molecule has 2 atom stereocenters. The first kappa shape index (κ1) is 15.7. The molecule has 0 aromatic heterocycles. The predicted molar refractivity (Wildman–Crippen MR) is 77.7 cm³/mol. The van der Waals surface area contributed by atoms with Crippen molar-refractivity contribution in [2.24, 2.45) is 0 Å². The summed E-state index contributed by atoms with van der Waals surface area (Å²) in [7, 11) is 0. The molecule has 2 saturated heterocycles. The summed E-state index contributed by atoms with van der Waals surface area (Å²) in [6, 6.07) is 0.478. The van der Waals surface area contributed by atoms with E-state index in [0.717, 1.165) is 45.5 Å². The van der Waals surface area contributed by atoms with Crippen LogP contribution in [0.15, 0.2) is 0 Å². The van der Waals surface area contributed by atoms with Gasteiger partial charge in [0.05, 0.1) is 18.8 Å². The summed E-state index contributed by atoms with van der Waals surface area (Å²) < 4.78 is 11.1. The van der Waals surface area contributed by atoms with Crippen LogP contribution in [-0.4, -0.2) is 61.9 Å². The van der Waals surface area contributed by atoms with Crippen LogP contribution in [-0.2, 0) is 14.3 Å². The van der Waals surface area contributed by atoms with Gasteiger partial charge in [-0.15, -0.1) is 0 Å². The zero-order valence-electron chi connectivity index (χ0n) is 12.8. The molecule has 2 unspecified atom stereocenters. The molecule has 0 spiro atoms. The number of rotatable bonds is 5. The first-order valence-electron chi connectivity index (χ1n) is 7.86. The molecule has 2 heterocycles. The van der Waals surface area contributed by atoms with Crippen molar-refractivity contribution in [3.8, 4) is 0 Å². The van der Waals surface area contributed by atoms with Crippen LogP contribution in [0.4, 0.5) is 0 Å². The summed E-state index contributed by atoms with van der Waals surface area (Å²) in [4.78, 5) is 13.9. The molecular weight excluding hydrogens is 256 g/mol. The number of carbonyl (C=O) groups is 1. The quantitative estimate of drug-likeness (QED) is 0.823. The van der Waals surface area contributed by atoms with Crippen LogP contribution < -0.4 is 5.32 Å². The standard InChI is InChI=1S/C15H28N2O3/c1-3-15(2)12-13(5-9-20-15)16-6-4-14(18)17-7-10-19-11-8-17/h13,16H,3-12H2,1-2H3. The fourth-order valence-corrected chi connectivity index (χ4v) is 2.90. The maximum Gasteiger partial charge on any atom is 0.224 e. The van der Waals surface area contributed by atoms with Crippen LogP contribution in [0.25, 0.3) is 0 Å². The third-order valence-electron chi connectivity index (χ3n) is 4.48. The Labute approximate surface area is 122 Å². The van der Waals surface area contributed by atoms with Gasteiger partial charge in [-0.05, 0) is 26.2 Å². The minimum atomic E-state index is 0.00410. The number of nitrogens with zero attached hydrogens (tertiary/aromatic N) is 1. The van der Waals surface area contributed by atoms with E-state index >= 15 is 0 Å². The zero-order valence-corrected chi connectivity index (χ0v) is 12.8. The van der Waals surface area contributed by atoms with Crippen molar-refractivity contribution in [1.82, 2.24) is 10.2 Å². The van der Waals surface area contributed by atoms with Crippen molar-refractivity contribution in [3.63, 3.8) is 0 Å². The maximum atomic E-state index is 12.0. The van der Waals surface area contributed by atoms with Crippen molar-refractivity contribution >= 4 is 5.91 Å². The van der Waals surface area contributed by atoms with Crippen molar-refractivity contribution in [2.75, 3.05) is 39.5 Å². The van der Waals surface area contributed by atoms with Gasteiger partial charge in [0, 0.05) is 38.7 Å². The summed E-state index contributed by atoms with van der Waals surface area (Å²) in [6.45, 7) is 8.76. The van der Waals surface area contributed by atoms with Gasteiger partial charge in [0.1, 0.15) is 0 Å². The zero-order chi connectivity index (χ0) is 14.4. The number of hydrogen-bond donors (Lipinski definition) is 1.